The molecule has 0 atom stereocenters. The maximum absolute atomic E-state index is 12.6. The van der Waals surface area contributed by atoms with E-state index in [2.05, 4.69) is 25.6 Å². The second-order valence-corrected chi connectivity index (χ2v) is 7.75. The van der Waals surface area contributed by atoms with Gasteiger partial charge in [0.25, 0.3) is 10.0 Å². The van der Waals surface area contributed by atoms with Gasteiger partial charge in [-0.15, -0.1) is 0 Å². The number of aromatic amines is 1. The predicted molar refractivity (Wildman–Crippen MR) is 93.4 cm³/mol. The summed E-state index contributed by atoms with van der Waals surface area (Å²) in [6.45, 7) is 1.89. The topological polar surface area (TPSA) is 79.0 Å². The van der Waals surface area contributed by atoms with Crippen LogP contribution in [0.3, 0.4) is 0 Å². The summed E-state index contributed by atoms with van der Waals surface area (Å²) in [5.41, 5.74) is 2.39. The van der Waals surface area contributed by atoms with E-state index in [1.165, 1.54) is 0 Å². The molecule has 0 saturated heterocycles. The molecule has 5 nitrogen and oxygen atoms in total. The van der Waals surface area contributed by atoms with Crippen LogP contribution in [0.2, 0.25) is 0 Å². The van der Waals surface area contributed by atoms with Crippen molar-refractivity contribution in [3.8, 4) is 0 Å². The Morgan fingerprint density at radius 3 is 2.52 bits per heavy atom. The lowest BCUT2D eigenvalue weighted by Gasteiger charge is -2.11. The number of benzene rings is 2. The molecule has 0 spiro atoms. The molecule has 1 heterocycles. The van der Waals surface area contributed by atoms with Crippen LogP contribution in [0.5, 0.6) is 0 Å². The molecule has 7 heteroatoms. The molecular formula is C16H13BrN2O3S. The molecule has 0 aliphatic heterocycles. The van der Waals surface area contributed by atoms with Crippen molar-refractivity contribution in [1.82, 2.24) is 4.98 Å². The van der Waals surface area contributed by atoms with E-state index in [1.54, 1.807) is 42.6 Å². The van der Waals surface area contributed by atoms with Gasteiger partial charge in [-0.3, -0.25) is 9.52 Å². The largest absolute Gasteiger partial charge is 0.360 e. The SMILES string of the molecule is Cc1ccc(S(=O)(=O)Nc2cc(Br)cc3[nH]cc(C=O)c23)cc1. The number of fused-ring (bicyclic) bond motifs is 1. The third kappa shape index (κ3) is 3.02. The van der Waals surface area contributed by atoms with Gasteiger partial charge in [0.15, 0.2) is 6.29 Å². The van der Waals surface area contributed by atoms with Crippen LogP contribution in [-0.4, -0.2) is 19.7 Å². The van der Waals surface area contributed by atoms with E-state index in [-0.39, 0.29) is 4.90 Å². The molecule has 0 aliphatic rings. The molecule has 0 bridgehead atoms. The van der Waals surface area contributed by atoms with Gasteiger partial charge in [-0.1, -0.05) is 33.6 Å². The Labute approximate surface area is 141 Å². The van der Waals surface area contributed by atoms with Crippen LogP contribution < -0.4 is 4.72 Å². The average Bonchev–Trinajstić information content (AvgIpc) is 2.90. The number of aromatic nitrogens is 1. The van der Waals surface area contributed by atoms with Crippen molar-refractivity contribution in [2.24, 2.45) is 0 Å². The van der Waals surface area contributed by atoms with Crippen molar-refractivity contribution in [3.05, 3.63) is 58.2 Å². The minimum atomic E-state index is -3.74. The zero-order chi connectivity index (χ0) is 16.6. The summed E-state index contributed by atoms with van der Waals surface area (Å²) in [5.74, 6) is 0. The third-order valence-electron chi connectivity index (χ3n) is 3.48. The van der Waals surface area contributed by atoms with Crippen LogP contribution in [0.4, 0.5) is 5.69 Å². The minimum absolute atomic E-state index is 0.166. The van der Waals surface area contributed by atoms with E-state index in [4.69, 9.17) is 0 Å². The molecule has 118 valence electrons. The molecule has 3 rings (SSSR count). The number of halogens is 1. The number of rotatable bonds is 4. The quantitative estimate of drug-likeness (QED) is 0.661. The molecule has 23 heavy (non-hydrogen) atoms. The van der Waals surface area contributed by atoms with Crippen molar-refractivity contribution in [3.63, 3.8) is 0 Å². The fourth-order valence-corrected chi connectivity index (χ4v) is 3.87. The van der Waals surface area contributed by atoms with Gasteiger partial charge in [0.05, 0.1) is 10.6 Å². The lowest BCUT2D eigenvalue weighted by Crippen LogP contribution is -2.13. The van der Waals surface area contributed by atoms with Gasteiger partial charge in [-0.25, -0.2) is 8.42 Å². The van der Waals surface area contributed by atoms with Crippen molar-refractivity contribution in [2.75, 3.05) is 4.72 Å². The lowest BCUT2D eigenvalue weighted by atomic mass is 10.1. The van der Waals surface area contributed by atoms with E-state index in [1.807, 2.05) is 6.92 Å². The second-order valence-electron chi connectivity index (χ2n) is 5.16. The van der Waals surface area contributed by atoms with E-state index >= 15 is 0 Å². The molecule has 0 saturated carbocycles. The number of hydrogen-bond donors (Lipinski definition) is 2. The minimum Gasteiger partial charge on any atom is -0.360 e. The van der Waals surface area contributed by atoms with E-state index in [0.717, 1.165) is 5.56 Å². The summed E-state index contributed by atoms with van der Waals surface area (Å²) >= 11 is 3.34. The Balaban J connectivity index is 2.12. The smallest absolute Gasteiger partial charge is 0.261 e. The Morgan fingerprint density at radius 1 is 1.17 bits per heavy atom. The van der Waals surface area contributed by atoms with Gasteiger partial charge in [-0.05, 0) is 31.2 Å². The maximum atomic E-state index is 12.6. The Bertz CT molecular complexity index is 992. The first kappa shape index (κ1) is 15.8. The Morgan fingerprint density at radius 2 is 1.87 bits per heavy atom. The number of sulfonamides is 1. The lowest BCUT2D eigenvalue weighted by molar-refractivity contribution is 0.112. The van der Waals surface area contributed by atoms with Crippen LogP contribution in [-0.2, 0) is 10.0 Å². The van der Waals surface area contributed by atoms with E-state index in [0.29, 0.717) is 32.9 Å². The molecular weight excluding hydrogens is 380 g/mol. The highest BCUT2D eigenvalue weighted by atomic mass is 79.9. The van der Waals surface area contributed by atoms with Crippen molar-refractivity contribution in [1.29, 1.82) is 0 Å². The van der Waals surface area contributed by atoms with E-state index < -0.39 is 10.0 Å². The molecule has 0 radical (unpaired) electrons. The fourth-order valence-electron chi connectivity index (χ4n) is 2.35. The number of nitrogens with one attached hydrogen (secondary N) is 2. The number of aldehydes is 1. The Hall–Kier alpha value is -2.12. The molecule has 2 aromatic carbocycles. The molecule has 2 N–H and O–H groups in total. The zero-order valence-corrected chi connectivity index (χ0v) is 14.5. The first-order valence-corrected chi connectivity index (χ1v) is 9.03. The third-order valence-corrected chi connectivity index (χ3v) is 5.32. The van der Waals surface area contributed by atoms with Crippen molar-refractivity contribution < 1.29 is 13.2 Å². The summed E-state index contributed by atoms with van der Waals surface area (Å²) in [5, 5.41) is 0.541. The van der Waals surface area contributed by atoms with Crippen molar-refractivity contribution >= 4 is 48.8 Å². The van der Waals surface area contributed by atoms with Crippen LogP contribution in [0.1, 0.15) is 15.9 Å². The summed E-state index contributed by atoms with van der Waals surface area (Å²) in [6, 6.07) is 9.98. The highest BCUT2D eigenvalue weighted by Crippen LogP contribution is 2.31. The second kappa shape index (κ2) is 5.82. The van der Waals surface area contributed by atoms with Crippen LogP contribution >= 0.6 is 15.9 Å². The van der Waals surface area contributed by atoms with Crippen LogP contribution in [0, 0.1) is 6.92 Å². The fraction of sp³-hybridized carbons (Fsp3) is 0.0625. The number of anilines is 1. The van der Waals surface area contributed by atoms with Crippen LogP contribution in [0.15, 0.2) is 52.0 Å². The predicted octanol–water partition coefficient (Wildman–Crippen LogP) is 3.85. The Kier molecular flexibility index (Phi) is 3.99. The van der Waals surface area contributed by atoms with Gasteiger partial charge < -0.3 is 4.98 Å². The molecule has 0 amide bonds. The average molecular weight is 393 g/mol. The highest BCUT2D eigenvalue weighted by molar-refractivity contribution is 9.10. The van der Waals surface area contributed by atoms with Gasteiger partial charge in [0, 0.05) is 27.1 Å². The maximum Gasteiger partial charge on any atom is 0.261 e. The summed E-state index contributed by atoms with van der Waals surface area (Å²) < 4.78 is 28.4. The highest BCUT2D eigenvalue weighted by Gasteiger charge is 2.18. The summed E-state index contributed by atoms with van der Waals surface area (Å²) in [4.78, 5) is 14.3. The number of H-pyrrole nitrogens is 1. The summed E-state index contributed by atoms with van der Waals surface area (Å²) in [7, 11) is -3.74. The van der Waals surface area contributed by atoms with Gasteiger partial charge in [0.2, 0.25) is 0 Å². The number of carbonyl (C=O) groups is 1. The molecule has 0 aliphatic carbocycles. The van der Waals surface area contributed by atoms with Gasteiger partial charge in [0.1, 0.15) is 0 Å². The first-order chi connectivity index (χ1) is 10.9. The van der Waals surface area contributed by atoms with Crippen molar-refractivity contribution in [2.45, 2.75) is 11.8 Å². The van der Waals surface area contributed by atoms with E-state index in [9.17, 15) is 13.2 Å². The standard InChI is InChI=1S/C16H13BrN2O3S/c1-10-2-4-13(5-3-10)23(21,22)19-15-7-12(17)6-14-16(15)11(9-20)8-18-14/h2-9,18-19H,1H3. The molecule has 0 fully saturated rings. The molecule has 0 unspecified atom stereocenters. The monoisotopic (exact) mass is 392 g/mol. The summed E-state index contributed by atoms with van der Waals surface area (Å²) in [6.07, 6.45) is 2.24. The normalized spacial score (nSPS) is 11.6. The zero-order valence-electron chi connectivity index (χ0n) is 12.1. The number of hydrogen-bond acceptors (Lipinski definition) is 3. The first-order valence-electron chi connectivity index (χ1n) is 6.76. The number of aryl methyl sites for hydroxylation is 1. The number of carbonyl (C=O) groups excluding carboxylic acids is 1. The van der Waals surface area contributed by atoms with Crippen LogP contribution in [0.25, 0.3) is 10.9 Å². The molecule has 3 aromatic rings. The molecule has 1 aromatic heterocycles. The van der Waals surface area contributed by atoms with Gasteiger partial charge in [-0.2, -0.15) is 0 Å². The van der Waals surface area contributed by atoms with Gasteiger partial charge >= 0.3 is 0 Å².